The van der Waals surface area contributed by atoms with Crippen molar-refractivity contribution in [3.05, 3.63) is 35.2 Å². The molecule has 1 aromatic carbocycles. The normalized spacial score (nSPS) is 18.4. The molecule has 1 aliphatic heterocycles. The molecule has 0 bridgehead atoms. The summed E-state index contributed by atoms with van der Waals surface area (Å²) in [5.74, 6) is -0.0426. The van der Waals surface area contributed by atoms with Crippen molar-refractivity contribution in [2.75, 3.05) is 13.1 Å². The molecular formula is C15H17Cl2N3O3. The lowest BCUT2D eigenvalue weighted by Gasteiger charge is -2.29. The van der Waals surface area contributed by atoms with Crippen molar-refractivity contribution >= 4 is 30.0 Å². The molecule has 1 aromatic heterocycles. The van der Waals surface area contributed by atoms with E-state index in [9.17, 15) is 4.79 Å². The summed E-state index contributed by atoms with van der Waals surface area (Å²) in [7, 11) is 0. The lowest BCUT2D eigenvalue weighted by atomic mass is 9.98. The maximum Gasteiger partial charge on any atom is 0.307 e. The number of hydrogen-bond acceptors (Lipinski definition) is 5. The van der Waals surface area contributed by atoms with Crippen LogP contribution in [0.4, 0.5) is 0 Å². The fourth-order valence-corrected chi connectivity index (χ4v) is 2.75. The third-order valence-corrected chi connectivity index (χ3v) is 4.04. The van der Waals surface area contributed by atoms with Crippen molar-refractivity contribution in [1.29, 1.82) is 0 Å². The van der Waals surface area contributed by atoms with Crippen LogP contribution in [0.25, 0.3) is 11.4 Å². The van der Waals surface area contributed by atoms with Crippen LogP contribution < -0.4 is 0 Å². The zero-order chi connectivity index (χ0) is 15.5. The second-order valence-electron chi connectivity index (χ2n) is 5.43. The number of carboxylic acids is 1. The van der Waals surface area contributed by atoms with Gasteiger partial charge in [0.05, 0.1) is 12.5 Å². The van der Waals surface area contributed by atoms with E-state index in [0.29, 0.717) is 29.8 Å². The first-order valence-corrected chi connectivity index (χ1v) is 7.53. The monoisotopic (exact) mass is 357 g/mol. The van der Waals surface area contributed by atoms with E-state index < -0.39 is 5.97 Å². The highest BCUT2D eigenvalue weighted by molar-refractivity contribution is 6.30. The number of halogens is 2. The van der Waals surface area contributed by atoms with Crippen LogP contribution in [0.3, 0.4) is 0 Å². The number of benzene rings is 1. The zero-order valence-corrected chi connectivity index (χ0v) is 13.9. The van der Waals surface area contributed by atoms with Crippen LogP contribution in [0.5, 0.6) is 0 Å². The van der Waals surface area contributed by atoms with Crippen LogP contribution in [0.2, 0.25) is 5.02 Å². The predicted octanol–water partition coefficient (Wildman–Crippen LogP) is 3.11. The van der Waals surface area contributed by atoms with Crippen LogP contribution in [0, 0.1) is 5.92 Å². The summed E-state index contributed by atoms with van der Waals surface area (Å²) in [6.45, 7) is 1.85. The highest BCUT2D eigenvalue weighted by Gasteiger charge is 2.26. The van der Waals surface area contributed by atoms with Crippen molar-refractivity contribution in [2.24, 2.45) is 5.92 Å². The van der Waals surface area contributed by atoms with Gasteiger partial charge in [-0.25, -0.2) is 0 Å². The summed E-state index contributed by atoms with van der Waals surface area (Å²) >= 11 is 5.85. The minimum atomic E-state index is -0.739. The Bertz CT molecular complexity index is 660. The second kappa shape index (κ2) is 7.77. The summed E-state index contributed by atoms with van der Waals surface area (Å²) in [6, 6.07) is 7.21. The highest BCUT2D eigenvalue weighted by Crippen LogP contribution is 2.21. The molecule has 0 saturated carbocycles. The number of rotatable bonds is 4. The molecule has 0 aliphatic carbocycles. The number of carboxylic acid groups (broad SMARTS) is 1. The van der Waals surface area contributed by atoms with Crippen LogP contribution in [0.15, 0.2) is 28.8 Å². The molecule has 1 aliphatic rings. The van der Waals surface area contributed by atoms with Crippen LogP contribution >= 0.6 is 24.0 Å². The minimum Gasteiger partial charge on any atom is -0.481 e. The Morgan fingerprint density at radius 2 is 2.13 bits per heavy atom. The Kier molecular flexibility index (Phi) is 5.98. The largest absolute Gasteiger partial charge is 0.481 e. The van der Waals surface area contributed by atoms with Gasteiger partial charge in [-0.05, 0) is 43.7 Å². The molecule has 23 heavy (non-hydrogen) atoms. The highest BCUT2D eigenvalue weighted by atomic mass is 35.5. The first-order valence-electron chi connectivity index (χ1n) is 7.15. The average Bonchev–Trinajstić information content (AvgIpc) is 2.96. The Morgan fingerprint density at radius 3 is 2.83 bits per heavy atom. The molecule has 124 valence electrons. The lowest BCUT2D eigenvalue weighted by Crippen LogP contribution is -2.38. The van der Waals surface area contributed by atoms with Crippen molar-refractivity contribution in [1.82, 2.24) is 15.0 Å². The fraction of sp³-hybridized carbons (Fsp3) is 0.400. The van der Waals surface area contributed by atoms with Crippen molar-refractivity contribution in [3.8, 4) is 11.4 Å². The third kappa shape index (κ3) is 4.43. The molecule has 1 unspecified atom stereocenters. The van der Waals surface area contributed by atoms with Crippen molar-refractivity contribution < 1.29 is 14.4 Å². The molecule has 3 rings (SSSR count). The molecule has 1 atom stereocenters. The molecule has 6 nitrogen and oxygen atoms in total. The van der Waals surface area contributed by atoms with Gasteiger partial charge in [-0.3, -0.25) is 9.69 Å². The van der Waals surface area contributed by atoms with Gasteiger partial charge in [0.15, 0.2) is 0 Å². The molecule has 1 fully saturated rings. The van der Waals surface area contributed by atoms with E-state index in [-0.39, 0.29) is 18.3 Å². The Labute approximate surface area is 144 Å². The van der Waals surface area contributed by atoms with E-state index in [1.165, 1.54) is 0 Å². The molecule has 1 N–H and O–H groups in total. The van der Waals surface area contributed by atoms with E-state index in [4.69, 9.17) is 21.2 Å². The summed E-state index contributed by atoms with van der Waals surface area (Å²) in [6.07, 6.45) is 1.60. The van der Waals surface area contributed by atoms with Gasteiger partial charge in [-0.2, -0.15) is 4.98 Å². The van der Waals surface area contributed by atoms with E-state index in [1.807, 2.05) is 17.0 Å². The number of hydrogen-bond donors (Lipinski definition) is 1. The molecule has 1 saturated heterocycles. The van der Waals surface area contributed by atoms with Gasteiger partial charge in [-0.1, -0.05) is 16.8 Å². The predicted molar refractivity (Wildman–Crippen MR) is 87.6 cm³/mol. The lowest BCUT2D eigenvalue weighted by molar-refractivity contribution is -0.143. The Hall–Kier alpha value is -1.63. The zero-order valence-electron chi connectivity index (χ0n) is 12.3. The minimum absolute atomic E-state index is 0. The molecule has 0 radical (unpaired) electrons. The quantitative estimate of drug-likeness (QED) is 0.905. The Morgan fingerprint density at radius 1 is 1.39 bits per heavy atom. The van der Waals surface area contributed by atoms with E-state index in [1.54, 1.807) is 12.1 Å². The molecule has 2 aromatic rings. The summed E-state index contributed by atoms with van der Waals surface area (Å²) in [5.41, 5.74) is 0.835. The smallest absolute Gasteiger partial charge is 0.307 e. The van der Waals surface area contributed by atoms with Gasteiger partial charge < -0.3 is 9.63 Å². The topological polar surface area (TPSA) is 79.5 Å². The van der Waals surface area contributed by atoms with Gasteiger partial charge in [-0.15, -0.1) is 12.4 Å². The van der Waals surface area contributed by atoms with Gasteiger partial charge in [0.25, 0.3) is 0 Å². The van der Waals surface area contributed by atoms with E-state index in [0.717, 1.165) is 24.9 Å². The number of aliphatic carboxylic acids is 1. The fourth-order valence-electron chi connectivity index (χ4n) is 2.63. The standard InChI is InChI=1S/C15H16ClN3O3.ClH/c16-12-5-3-10(4-6-12)14-17-13(22-18-14)9-19-7-1-2-11(8-19)15(20)21;/h3-6,11H,1-2,7-9H2,(H,20,21);1H. The van der Waals surface area contributed by atoms with Gasteiger partial charge in [0.1, 0.15) is 0 Å². The second-order valence-corrected chi connectivity index (χ2v) is 5.87. The Balaban J connectivity index is 0.00000192. The number of piperidine rings is 1. The molecule has 0 spiro atoms. The summed E-state index contributed by atoms with van der Waals surface area (Å²) in [4.78, 5) is 17.5. The number of nitrogens with zero attached hydrogens (tertiary/aromatic N) is 3. The van der Waals surface area contributed by atoms with E-state index >= 15 is 0 Å². The SMILES string of the molecule is Cl.O=C(O)C1CCCN(Cc2nc(-c3ccc(Cl)cc3)no2)C1. The van der Waals surface area contributed by atoms with E-state index in [2.05, 4.69) is 10.1 Å². The van der Waals surface area contributed by atoms with Gasteiger partial charge in [0.2, 0.25) is 11.7 Å². The maximum atomic E-state index is 11.1. The van der Waals surface area contributed by atoms with Crippen LogP contribution in [-0.4, -0.2) is 39.2 Å². The first kappa shape index (κ1) is 17.7. The number of aromatic nitrogens is 2. The molecule has 8 heteroatoms. The molecule has 2 heterocycles. The maximum absolute atomic E-state index is 11.1. The molecular weight excluding hydrogens is 341 g/mol. The van der Waals surface area contributed by atoms with Crippen molar-refractivity contribution in [3.63, 3.8) is 0 Å². The summed E-state index contributed by atoms with van der Waals surface area (Å²) < 4.78 is 5.26. The number of carbonyl (C=O) groups is 1. The van der Waals surface area contributed by atoms with Crippen molar-refractivity contribution in [2.45, 2.75) is 19.4 Å². The third-order valence-electron chi connectivity index (χ3n) is 3.78. The van der Waals surface area contributed by atoms with Crippen LogP contribution in [-0.2, 0) is 11.3 Å². The van der Waals surface area contributed by atoms with Gasteiger partial charge >= 0.3 is 5.97 Å². The number of likely N-dealkylation sites (tertiary alicyclic amines) is 1. The summed E-state index contributed by atoms with van der Waals surface area (Å²) in [5, 5.41) is 13.7. The van der Waals surface area contributed by atoms with Crippen LogP contribution in [0.1, 0.15) is 18.7 Å². The average molecular weight is 358 g/mol. The molecule has 0 amide bonds. The first-order chi connectivity index (χ1) is 10.6. The van der Waals surface area contributed by atoms with Gasteiger partial charge in [0, 0.05) is 17.1 Å².